The molecule has 33 heavy (non-hydrogen) atoms. The zero-order chi connectivity index (χ0) is 23.4. The Balaban J connectivity index is 1.25. The van der Waals surface area contributed by atoms with Crippen molar-refractivity contribution in [2.75, 3.05) is 19.6 Å². The molecule has 3 aromatic rings. The van der Waals surface area contributed by atoms with Crippen molar-refractivity contribution < 1.29 is 17.7 Å². The number of aromatic nitrogens is 2. The number of piperidine rings is 1. The number of carbonyl (C=O) groups excluding carboxylic acids is 1. The standard InChI is InChI=1S/C24H28N4O4S/c1-17-3-7-20(8-4-17)24-26-23(27-32-24)19-12-15-28(16-13-19)22(29)11-14-25-33(30,31)21-9-5-18(2)6-10-21/h3-10,19,25H,11-16H2,1-2H3. The van der Waals surface area contributed by atoms with Crippen LogP contribution in [0.5, 0.6) is 0 Å². The van der Waals surface area contributed by atoms with Crippen LogP contribution in [0.1, 0.15) is 42.1 Å². The van der Waals surface area contributed by atoms with Gasteiger partial charge in [-0.05, 0) is 51.0 Å². The molecular weight excluding hydrogens is 440 g/mol. The summed E-state index contributed by atoms with van der Waals surface area (Å²) in [5, 5.41) is 4.15. The van der Waals surface area contributed by atoms with Gasteiger partial charge >= 0.3 is 0 Å². The van der Waals surface area contributed by atoms with Crippen LogP contribution in [0, 0.1) is 13.8 Å². The van der Waals surface area contributed by atoms with Gasteiger partial charge in [-0.2, -0.15) is 4.98 Å². The number of rotatable bonds is 7. The zero-order valence-corrected chi connectivity index (χ0v) is 19.6. The van der Waals surface area contributed by atoms with Crippen LogP contribution in [-0.2, 0) is 14.8 Å². The van der Waals surface area contributed by atoms with Gasteiger partial charge in [-0.1, -0.05) is 40.5 Å². The highest BCUT2D eigenvalue weighted by Gasteiger charge is 2.27. The first kappa shape index (κ1) is 23.1. The molecule has 1 fully saturated rings. The van der Waals surface area contributed by atoms with Crippen molar-refractivity contribution in [1.29, 1.82) is 0 Å². The van der Waals surface area contributed by atoms with E-state index in [0.717, 1.165) is 24.0 Å². The average molecular weight is 469 g/mol. The van der Waals surface area contributed by atoms with Crippen LogP contribution in [0.3, 0.4) is 0 Å². The maximum Gasteiger partial charge on any atom is 0.257 e. The molecule has 1 aromatic heterocycles. The Morgan fingerprint density at radius 2 is 1.64 bits per heavy atom. The van der Waals surface area contributed by atoms with E-state index in [4.69, 9.17) is 4.52 Å². The molecule has 174 valence electrons. The maximum absolute atomic E-state index is 12.6. The van der Waals surface area contributed by atoms with Crippen LogP contribution >= 0.6 is 0 Å². The fourth-order valence-corrected chi connectivity index (χ4v) is 4.88. The van der Waals surface area contributed by atoms with E-state index in [2.05, 4.69) is 14.9 Å². The number of benzene rings is 2. The molecule has 2 heterocycles. The molecular formula is C24H28N4O4S. The zero-order valence-electron chi connectivity index (χ0n) is 18.8. The fraction of sp³-hybridized carbons (Fsp3) is 0.375. The lowest BCUT2D eigenvalue weighted by molar-refractivity contribution is -0.132. The van der Waals surface area contributed by atoms with E-state index >= 15 is 0 Å². The summed E-state index contributed by atoms with van der Waals surface area (Å²) in [4.78, 5) is 19.1. The van der Waals surface area contributed by atoms with Gasteiger partial charge in [0.15, 0.2) is 5.82 Å². The molecule has 0 aliphatic carbocycles. The van der Waals surface area contributed by atoms with Crippen molar-refractivity contribution >= 4 is 15.9 Å². The van der Waals surface area contributed by atoms with Crippen LogP contribution in [0.2, 0.25) is 0 Å². The smallest absolute Gasteiger partial charge is 0.257 e. The van der Waals surface area contributed by atoms with Gasteiger partial charge in [0.25, 0.3) is 5.89 Å². The Morgan fingerprint density at radius 1 is 1.03 bits per heavy atom. The Labute approximate surface area is 194 Å². The van der Waals surface area contributed by atoms with Gasteiger partial charge in [-0.15, -0.1) is 0 Å². The van der Waals surface area contributed by atoms with Crippen LogP contribution in [0.25, 0.3) is 11.5 Å². The van der Waals surface area contributed by atoms with E-state index in [9.17, 15) is 13.2 Å². The molecule has 0 bridgehead atoms. The predicted octanol–water partition coefficient (Wildman–Crippen LogP) is 3.43. The second kappa shape index (κ2) is 9.84. The summed E-state index contributed by atoms with van der Waals surface area (Å²) in [5.41, 5.74) is 3.04. The third-order valence-corrected chi connectivity index (χ3v) is 7.39. The molecule has 1 saturated heterocycles. The van der Waals surface area contributed by atoms with Gasteiger partial charge in [-0.3, -0.25) is 4.79 Å². The molecule has 0 unspecified atom stereocenters. The average Bonchev–Trinajstić information content (AvgIpc) is 3.30. The lowest BCUT2D eigenvalue weighted by Gasteiger charge is -2.30. The van der Waals surface area contributed by atoms with E-state index in [-0.39, 0.29) is 29.7 Å². The first-order valence-corrected chi connectivity index (χ1v) is 12.5. The molecule has 0 radical (unpaired) electrons. The summed E-state index contributed by atoms with van der Waals surface area (Å²) >= 11 is 0. The minimum absolute atomic E-state index is 0.0616. The van der Waals surface area contributed by atoms with Gasteiger partial charge < -0.3 is 9.42 Å². The van der Waals surface area contributed by atoms with Crippen LogP contribution in [0.4, 0.5) is 0 Å². The van der Waals surface area contributed by atoms with Crippen molar-refractivity contribution in [2.24, 2.45) is 0 Å². The number of likely N-dealkylation sites (tertiary alicyclic amines) is 1. The highest BCUT2D eigenvalue weighted by atomic mass is 32.2. The molecule has 4 rings (SSSR count). The summed E-state index contributed by atoms with van der Waals surface area (Å²) in [5.74, 6) is 1.25. The molecule has 1 aliphatic rings. The molecule has 1 amide bonds. The van der Waals surface area contributed by atoms with Gasteiger partial charge in [-0.25, -0.2) is 13.1 Å². The van der Waals surface area contributed by atoms with E-state index in [0.29, 0.717) is 24.8 Å². The first-order chi connectivity index (χ1) is 15.8. The minimum Gasteiger partial charge on any atom is -0.343 e. The van der Waals surface area contributed by atoms with E-state index in [1.165, 1.54) is 5.56 Å². The Morgan fingerprint density at radius 3 is 2.27 bits per heavy atom. The van der Waals surface area contributed by atoms with Gasteiger partial charge in [0.05, 0.1) is 4.90 Å². The summed E-state index contributed by atoms with van der Waals surface area (Å²) in [6, 6.07) is 14.5. The third-order valence-electron chi connectivity index (χ3n) is 5.92. The Bertz CT molecular complexity index is 1200. The molecule has 2 aromatic carbocycles. The van der Waals surface area contributed by atoms with Crippen LogP contribution in [0.15, 0.2) is 57.9 Å². The first-order valence-electron chi connectivity index (χ1n) is 11.1. The highest BCUT2D eigenvalue weighted by Crippen LogP contribution is 2.28. The fourth-order valence-electron chi connectivity index (χ4n) is 3.85. The van der Waals surface area contributed by atoms with Crippen molar-refractivity contribution in [3.63, 3.8) is 0 Å². The molecule has 0 saturated carbocycles. The molecule has 8 nitrogen and oxygen atoms in total. The maximum atomic E-state index is 12.6. The number of carbonyl (C=O) groups is 1. The van der Waals surface area contributed by atoms with Gasteiger partial charge in [0.1, 0.15) is 0 Å². The summed E-state index contributed by atoms with van der Waals surface area (Å²) in [7, 11) is -3.62. The quantitative estimate of drug-likeness (QED) is 0.570. The number of aryl methyl sites for hydroxylation is 2. The largest absolute Gasteiger partial charge is 0.343 e. The van der Waals surface area contributed by atoms with Crippen LogP contribution in [-0.4, -0.2) is 49.0 Å². The molecule has 9 heteroatoms. The van der Waals surface area contributed by atoms with Gasteiger partial charge in [0.2, 0.25) is 15.9 Å². The number of hydrogen-bond donors (Lipinski definition) is 1. The lowest BCUT2D eigenvalue weighted by atomic mass is 9.96. The molecule has 1 N–H and O–H groups in total. The van der Waals surface area contributed by atoms with Gasteiger partial charge in [0, 0.05) is 37.5 Å². The minimum atomic E-state index is -3.62. The Hall–Kier alpha value is -3.04. The summed E-state index contributed by atoms with van der Waals surface area (Å²) in [6.45, 7) is 5.16. The van der Waals surface area contributed by atoms with E-state index in [1.54, 1.807) is 29.2 Å². The van der Waals surface area contributed by atoms with E-state index < -0.39 is 10.0 Å². The summed E-state index contributed by atoms with van der Waals surface area (Å²) in [6.07, 6.45) is 1.61. The second-order valence-corrected chi connectivity index (χ2v) is 10.2. The molecule has 1 aliphatic heterocycles. The second-order valence-electron chi connectivity index (χ2n) is 8.44. The number of nitrogens with zero attached hydrogens (tertiary/aromatic N) is 3. The monoisotopic (exact) mass is 468 g/mol. The SMILES string of the molecule is Cc1ccc(-c2nc(C3CCN(C(=O)CCNS(=O)(=O)c4ccc(C)cc4)CC3)no2)cc1. The lowest BCUT2D eigenvalue weighted by Crippen LogP contribution is -2.39. The number of nitrogens with one attached hydrogen (secondary N) is 1. The number of hydrogen-bond acceptors (Lipinski definition) is 6. The van der Waals surface area contributed by atoms with Crippen LogP contribution < -0.4 is 4.72 Å². The van der Waals surface area contributed by atoms with Crippen molar-refractivity contribution in [3.05, 3.63) is 65.5 Å². The third kappa shape index (κ3) is 5.66. The van der Waals surface area contributed by atoms with Crippen molar-refractivity contribution in [2.45, 2.75) is 43.9 Å². The number of amides is 1. The molecule has 0 atom stereocenters. The number of sulfonamides is 1. The topological polar surface area (TPSA) is 105 Å². The predicted molar refractivity (Wildman–Crippen MR) is 124 cm³/mol. The highest BCUT2D eigenvalue weighted by molar-refractivity contribution is 7.89. The normalized spacial score (nSPS) is 15.0. The summed E-state index contributed by atoms with van der Waals surface area (Å²) < 4.78 is 32.7. The van der Waals surface area contributed by atoms with Crippen molar-refractivity contribution in [1.82, 2.24) is 19.8 Å². The Kier molecular flexibility index (Phi) is 6.90. The molecule has 0 spiro atoms. The van der Waals surface area contributed by atoms with Crippen molar-refractivity contribution in [3.8, 4) is 11.5 Å². The van der Waals surface area contributed by atoms with E-state index in [1.807, 2.05) is 38.1 Å².